The number of fused-ring (bicyclic) bond motifs is 1. The molecule has 0 saturated carbocycles. The van der Waals surface area contributed by atoms with E-state index in [9.17, 15) is 4.79 Å². The first-order valence-electron chi connectivity index (χ1n) is 11.8. The summed E-state index contributed by atoms with van der Waals surface area (Å²) >= 11 is 1.71. The number of ether oxygens (including phenoxy) is 1. The van der Waals surface area contributed by atoms with Gasteiger partial charge < -0.3 is 15.0 Å². The lowest BCUT2D eigenvalue weighted by Crippen LogP contribution is -2.23. The Morgan fingerprint density at radius 2 is 1.71 bits per heavy atom. The second kappa shape index (κ2) is 10.7. The van der Waals surface area contributed by atoms with E-state index < -0.39 is 0 Å². The van der Waals surface area contributed by atoms with Crippen LogP contribution in [-0.4, -0.2) is 25.3 Å². The van der Waals surface area contributed by atoms with Crippen LogP contribution in [0.15, 0.2) is 102 Å². The first kappa shape index (κ1) is 23.1. The number of benzene rings is 4. The van der Waals surface area contributed by atoms with Crippen LogP contribution in [-0.2, 0) is 6.54 Å². The smallest absolute Gasteiger partial charge is 0.251 e. The number of carbonyl (C=O) groups is 1. The van der Waals surface area contributed by atoms with Crippen molar-refractivity contribution in [1.29, 1.82) is 0 Å². The molecular formula is C30H28N2O2S. The van der Waals surface area contributed by atoms with Crippen LogP contribution < -0.4 is 15.0 Å². The molecule has 1 N–H and O–H groups in total. The quantitative estimate of drug-likeness (QED) is 0.304. The van der Waals surface area contributed by atoms with Crippen LogP contribution in [0.3, 0.4) is 0 Å². The lowest BCUT2D eigenvalue weighted by Gasteiger charge is -2.25. The first-order valence-corrected chi connectivity index (χ1v) is 13.0. The van der Waals surface area contributed by atoms with Crippen molar-refractivity contribution in [2.45, 2.75) is 17.9 Å². The molecule has 0 bridgehead atoms. The number of hydrogen-bond donors (Lipinski definition) is 1. The monoisotopic (exact) mass is 480 g/mol. The lowest BCUT2D eigenvalue weighted by molar-refractivity contribution is 0.0950. The van der Waals surface area contributed by atoms with E-state index in [1.54, 1.807) is 11.8 Å². The predicted molar refractivity (Wildman–Crippen MR) is 145 cm³/mol. The molecule has 1 heterocycles. The number of nitrogens with zero attached hydrogens (tertiary/aromatic N) is 1. The summed E-state index contributed by atoms with van der Waals surface area (Å²) in [5.41, 5.74) is 6.14. The van der Waals surface area contributed by atoms with E-state index >= 15 is 0 Å². The fraction of sp³-hybridized carbons (Fsp3) is 0.167. The van der Waals surface area contributed by atoms with Crippen LogP contribution in [0.4, 0.5) is 11.4 Å². The van der Waals surface area contributed by atoms with Gasteiger partial charge in [-0.05, 0) is 71.8 Å². The highest BCUT2D eigenvalue weighted by molar-refractivity contribution is 7.98. The third-order valence-corrected chi connectivity index (χ3v) is 6.92. The number of rotatable bonds is 6. The fourth-order valence-electron chi connectivity index (χ4n) is 4.30. The van der Waals surface area contributed by atoms with E-state index in [2.05, 4.69) is 77.1 Å². The zero-order chi connectivity index (χ0) is 24.0. The Balaban J connectivity index is 1.36. The molecule has 4 aromatic rings. The lowest BCUT2D eigenvalue weighted by atomic mass is 10.0. The number of carbonyl (C=O) groups excluding carboxylic acids is 1. The Bertz CT molecular complexity index is 1310. The van der Waals surface area contributed by atoms with Crippen LogP contribution >= 0.6 is 11.8 Å². The topological polar surface area (TPSA) is 41.6 Å². The van der Waals surface area contributed by atoms with Crippen LogP contribution in [0.25, 0.3) is 11.1 Å². The van der Waals surface area contributed by atoms with Gasteiger partial charge in [0.25, 0.3) is 5.91 Å². The van der Waals surface area contributed by atoms with E-state index in [1.807, 2.05) is 36.4 Å². The van der Waals surface area contributed by atoms with E-state index in [0.717, 1.165) is 35.7 Å². The van der Waals surface area contributed by atoms with Crippen molar-refractivity contribution in [1.82, 2.24) is 5.32 Å². The van der Waals surface area contributed by atoms with Gasteiger partial charge >= 0.3 is 0 Å². The molecule has 0 radical (unpaired) electrons. The van der Waals surface area contributed by atoms with Crippen molar-refractivity contribution in [3.63, 3.8) is 0 Å². The second-order valence-corrected chi connectivity index (χ2v) is 9.36. The standard InChI is InChI=1S/C30H28N2O2S/c1-35-27-14-11-22(12-15-27)21-31-30(33)25-13-16-28-29(20-25)34-18-6-17-32(28)26-10-5-9-24(19-26)23-7-3-2-4-8-23/h2-5,7-16,19-20H,6,17-18,21H2,1H3,(H,31,33). The van der Waals surface area contributed by atoms with Gasteiger partial charge in [0.2, 0.25) is 0 Å². The number of hydrogen-bond acceptors (Lipinski definition) is 4. The molecule has 0 fully saturated rings. The van der Waals surface area contributed by atoms with Crippen molar-refractivity contribution in [3.8, 4) is 16.9 Å². The maximum Gasteiger partial charge on any atom is 0.251 e. The Kier molecular flexibility index (Phi) is 7.05. The SMILES string of the molecule is CSc1ccc(CNC(=O)c2ccc3c(c2)OCCCN3c2cccc(-c3ccccc3)c2)cc1. The molecule has 0 aromatic heterocycles. The summed E-state index contributed by atoms with van der Waals surface area (Å²) in [5.74, 6) is 0.636. The van der Waals surface area contributed by atoms with Gasteiger partial charge in [-0.3, -0.25) is 4.79 Å². The first-order chi connectivity index (χ1) is 17.2. The minimum absolute atomic E-state index is 0.104. The van der Waals surface area contributed by atoms with Crippen molar-refractivity contribution in [2.75, 3.05) is 24.3 Å². The van der Waals surface area contributed by atoms with Gasteiger partial charge in [-0.15, -0.1) is 11.8 Å². The van der Waals surface area contributed by atoms with Crippen molar-refractivity contribution in [2.24, 2.45) is 0 Å². The molecule has 4 nitrogen and oxygen atoms in total. The van der Waals surface area contributed by atoms with E-state index in [4.69, 9.17) is 4.74 Å². The van der Waals surface area contributed by atoms with Gasteiger partial charge in [-0.2, -0.15) is 0 Å². The van der Waals surface area contributed by atoms with Crippen molar-refractivity contribution < 1.29 is 9.53 Å². The summed E-state index contributed by atoms with van der Waals surface area (Å²) in [6.07, 6.45) is 2.95. The molecule has 0 spiro atoms. The van der Waals surface area contributed by atoms with E-state index in [-0.39, 0.29) is 5.91 Å². The number of amides is 1. The van der Waals surface area contributed by atoms with E-state index in [0.29, 0.717) is 18.7 Å². The molecule has 5 heteroatoms. The van der Waals surface area contributed by atoms with Crippen LogP contribution in [0, 0.1) is 0 Å². The third-order valence-electron chi connectivity index (χ3n) is 6.17. The molecule has 4 aromatic carbocycles. The zero-order valence-electron chi connectivity index (χ0n) is 19.7. The minimum atomic E-state index is -0.104. The minimum Gasteiger partial charge on any atom is -0.491 e. The average molecular weight is 481 g/mol. The highest BCUT2D eigenvalue weighted by Gasteiger charge is 2.20. The fourth-order valence-corrected chi connectivity index (χ4v) is 4.71. The second-order valence-electron chi connectivity index (χ2n) is 8.48. The number of thioether (sulfide) groups is 1. The highest BCUT2D eigenvalue weighted by atomic mass is 32.2. The predicted octanol–water partition coefficient (Wildman–Crippen LogP) is 6.93. The van der Waals surface area contributed by atoms with Crippen LogP contribution in [0.1, 0.15) is 22.3 Å². The van der Waals surface area contributed by atoms with Crippen molar-refractivity contribution in [3.05, 3.63) is 108 Å². The largest absolute Gasteiger partial charge is 0.491 e. The summed E-state index contributed by atoms with van der Waals surface area (Å²) in [4.78, 5) is 16.4. The van der Waals surface area contributed by atoms with Crippen LogP contribution in [0.2, 0.25) is 0 Å². The normalized spacial score (nSPS) is 12.9. The molecule has 0 saturated heterocycles. The van der Waals surface area contributed by atoms with Gasteiger partial charge in [-0.1, -0.05) is 54.6 Å². The van der Waals surface area contributed by atoms with Gasteiger partial charge in [-0.25, -0.2) is 0 Å². The zero-order valence-corrected chi connectivity index (χ0v) is 20.6. The summed E-state index contributed by atoms with van der Waals surface area (Å²) in [6, 6.07) is 33.0. The third kappa shape index (κ3) is 5.36. The molecule has 1 aliphatic rings. The molecular weight excluding hydrogens is 452 g/mol. The molecule has 35 heavy (non-hydrogen) atoms. The van der Waals surface area contributed by atoms with Crippen LogP contribution in [0.5, 0.6) is 5.75 Å². The molecule has 0 unspecified atom stereocenters. The summed E-state index contributed by atoms with van der Waals surface area (Å²) in [5, 5.41) is 3.03. The molecule has 5 rings (SSSR count). The molecule has 0 atom stereocenters. The maximum absolute atomic E-state index is 12.9. The Morgan fingerprint density at radius 3 is 2.51 bits per heavy atom. The summed E-state index contributed by atoms with van der Waals surface area (Å²) in [6.45, 7) is 1.96. The Hall–Kier alpha value is -3.70. The average Bonchev–Trinajstić information content (AvgIpc) is 3.14. The molecule has 176 valence electrons. The number of anilines is 2. The van der Waals surface area contributed by atoms with Gasteiger partial charge in [0.1, 0.15) is 5.75 Å². The number of nitrogens with one attached hydrogen (secondary N) is 1. The Morgan fingerprint density at radius 1 is 0.914 bits per heavy atom. The molecule has 1 aliphatic heterocycles. The molecule has 1 amide bonds. The Labute approximate surface area is 210 Å². The maximum atomic E-state index is 12.9. The van der Waals surface area contributed by atoms with E-state index in [1.165, 1.54) is 16.0 Å². The van der Waals surface area contributed by atoms with Gasteiger partial charge in [0, 0.05) is 29.2 Å². The van der Waals surface area contributed by atoms with Crippen molar-refractivity contribution >= 4 is 29.0 Å². The van der Waals surface area contributed by atoms with Gasteiger partial charge in [0.05, 0.1) is 12.3 Å². The molecule has 0 aliphatic carbocycles. The van der Waals surface area contributed by atoms with Gasteiger partial charge in [0.15, 0.2) is 0 Å². The highest BCUT2D eigenvalue weighted by Crippen LogP contribution is 2.38. The summed E-state index contributed by atoms with van der Waals surface area (Å²) in [7, 11) is 0. The summed E-state index contributed by atoms with van der Waals surface area (Å²) < 4.78 is 6.07.